The summed E-state index contributed by atoms with van der Waals surface area (Å²) in [6.07, 6.45) is 2.05. The molecular formula is C21H22N4O3. The van der Waals surface area contributed by atoms with Crippen molar-refractivity contribution >= 4 is 11.8 Å². The lowest BCUT2D eigenvalue weighted by atomic mass is 10.1. The maximum absolute atomic E-state index is 12.5. The fraction of sp³-hybridized carbons (Fsp3) is 0.190. The summed E-state index contributed by atoms with van der Waals surface area (Å²) in [5.74, 6) is -0.906. The molecule has 5 N–H and O–H groups in total. The standard InChI is InChI=1S/C21H22N4O3/c22-16(11-14-7-3-1-4-8-14)21-25-18(13-28-21)20(27)24-17(19(23)26)12-15-9-5-2-6-10-15/h1-10,13,16-17H,11-12,22H2,(H2,23,26)(H,24,27). The molecular weight excluding hydrogens is 356 g/mol. The Morgan fingerprint density at radius 1 is 0.964 bits per heavy atom. The molecule has 3 rings (SSSR count). The Hall–Kier alpha value is -3.45. The lowest BCUT2D eigenvalue weighted by Gasteiger charge is -2.14. The molecule has 2 atom stereocenters. The van der Waals surface area contributed by atoms with Gasteiger partial charge in [0.1, 0.15) is 12.3 Å². The molecule has 7 heteroatoms. The van der Waals surface area contributed by atoms with Gasteiger partial charge in [-0.1, -0.05) is 60.7 Å². The average Bonchev–Trinajstić information content (AvgIpc) is 3.19. The molecule has 1 heterocycles. The molecule has 2 aromatic carbocycles. The topological polar surface area (TPSA) is 124 Å². The first-order valence-corrected chi connectivity index (χ1v) is 8.92. The van der Waals surface area contributed by atoms with E-state index in [0.29, 0.717) is 12.8 Å². The molecule has 144 valence electrons. The number of nitrogens with one attached hydrogen (secondary N) is 1. The minimum Gasteiger partial charge on any atom is -0.446 e. The summed E-state index contributed by atoms with van der Waals surface area (Å²) in [6, 6.07) is 17.6. The third-order valence-corrected chi connectivity index (χ3v) is 4.30. The van der Waals surface area contributed by atoms with E-state index in [-0.39, 0.29) is 11.6 Å². The van der Waals surface area contributed by atoms with Gasteiger partial charge >= 0.3 is 0 Å². The molecule has 28 heavy (non-hydrogen) atoms. The van der Waals surface area contributed by atoms with Crippen LogP contribution in [0.1, 0.15) is 33.5 Å². The van der Waals surface area contributed by atoms with E-state index in [2.05, 4.69) is 10.3 Å². The van der Waals surface area contributed by atoms with Crippen LogP contribution in [-0.4, -0.2) is 22.8 Å². The van der Waals surface area contributed by atoms with E-state index in [0.717, 1.165) is 11.1 Å². The van der Waals surface area contributed by atoms with Gasteiger partial charge in [0, 0.05) is 6.42 Å². The summed E-state index contributed by atoms with van der Waals surface area (Å²) >= 11 is 0. The van der Waals surface area contributed by atoms with Crippen LogP contribution in [0.3, 0.4) is 0 Å². The van der Waals surface area contributed by atoms with Crippen molar-refractivity contribution in [1.29, 1.82) is 0 Å². The molecule has 0 aliphatic carbocycles. The van der Waals surface area contributed by atoms with Crippen LogP contribution in [0.5, 0.6) is 0 Å². The normalized spacial score (nSPS) is 12.9. The number of benzene rings is 2. The monoisotopic (exact) mass is 378 g/mol. The van der Waals surface area contributed by atoms with Crippen molar-refractivity contribution in [2.75, 3.05) is 0 Å². The van der Waals surface area contributed by atoms with Gasteiger partial charge in [-0.2, -0.15) is 0 Å². The highest BCUT2D eigenvalue weighted by atomic mass is 16.3. The number of carbonyl (C=O) groups is 2. The van der Waals surface area contributed by atoms with Gasteiger partial charge in [0.15, 0.2) is 5.69 Å². The number of nitrogens with two attached hydrogens (primary N) is 2. The van der Waals surface area contributed by atoms with E-state index in [9.17, 15) is 9.59 Å². The van der Waals surface area contributed by atoms with Gasteiger partial charge in [-0.05, 0) is 17.5 Å². The molecule has 0 aliphatic rings. The van der Waals surface area contributed by atoms with Crippen molar-refractivity contribution in [1.82, 2.24) is 10.3 Å². The second-order valence-electron chi connectivity index (χ2n) is 6.49. The first-order chi connectivity index (χ1) is 13.5. The lowest BCUT2D eigenvalue weighted by Crippen LogP contribution is -2.46. The number of aromatic nitrogens is 1. The molecule has 7 nitrogen and oxygen atoms in total. The Kier molecular flexibility index (Phi) is 6.18. The zero-order valence-corrected chi connectivity index (χ0v) is 15.2. The predicted octanol–water partition coefficient (Wildman–Crippen LogP) is 1.74. The molecule has 3 aromatic rings. The van der Waals surface area contributed by atoms with Crippen LogP contribution in [-0.2, 0) is 17.6 Å². The summed E-state index contributed by atoms with van der Waals surface area (Å²) in [5, 5.41) is 2.61. The Labute approximate surface area is 162 Å². The largest absolute Gasteiger partial charge is 0.446 e. The van der Waals surface area contributed by atoms with Crippen molar-refractivity contribution in [3.63, 3.8) is 0 Å². The lowest BCUT2D eigenvalue weighted by molar-refractivity contribution is -0.119. The van der Waals surface area contributed by atoms with Gasteiger partial charge in [-0.15, -0.1) is 0 Å². The zero-order chi connectivity index (χ0) is 19.9. The molecule has 0 saturated heterocycles. The van der Waals surface area contributed by atoms with Gasteiger partial charge in [-0.25, -0.2) is 4.98 Å². The quantitative estimate of drug-likeness (QED) is 0.551. The first-order valence-electron chi connectivity index (χ1n) is 8.92. The van der Waals surface area contributed by atoms with E-state index in [4.69, 9.17) is 15.9 Å². The van der Waals surface area contributed by atoms with Crippen LogP contribution < -0.4 is 16.8 Å². The fourth-order valence-corrected chi connectivity index (χ4v) is 2.82. The highest BCUT2D eigenvalue weighted by molar-refractivity contribution is 5.95. The van der Waals surface area contributed by atoms with E-state index < -0.39 is 23.9 Å². The molecule has 0 saturated carbocycles. The van der Waals surface area contributed by atoms with Crippen molar-refractivity contribution in [2.45, 2.75) is 24.9 Å². The van der Waals surface area contributed by atoms with E-state index in [1.807, 2.05) is 60.7 Å². The van der Waals surface area contributed by atoms with Crippen molar-refractivity contribution in [3.05, 3.63) is 89.6 Å². The molecule has 0 bridgehead atoms. The molecule has 0 spiro atoms. The van der Waals surface area contributed by atoms with Crippen LogP contribution in [0.4, 0.5) is 0 Å². The smallest absolute Gasteiger partial charge is 0.273 e. The number of oxazole rings is 1. The Bertz CT molecular complexity index is 925. The summed E-state index contributed by atoms with van der Waals surface area (Å²) in [6.45, 7) is 0. The number of nitrogens with zero attached hydrogens (tertiary/aromatic N) is 1. The van der Waals surface area contributed by atoms with Crippen molar-refractivity contribution in [2.24, 2.45) is 11.5 Å². The highest BCUT2D eigenvalue weighted by Crippen LogP contribution is 2.16. The predicted molar refractivity (Wildman–Crippen MR) is 104 cm³/mol. The third kappa shape index (κ3) is 5.05. The minimum atomic E-state index is -0.854. The van der Waals surface area contributed by atoms with Crippen LogP contribution in [0.25, 0.3) is 0 Å². The van der Waals surface area contributed by atoms with Gasteiger partial charge in [0.05, 0.1) is 6.04 Å². The average molecular weight is 378 g/mol. The summed E-state index contributed by atoms with van der Waals surface area (Å²) in [5.41, 5.74) is 13.5. The number of amides is 2. The second-order valence-corrected chi connectivity index (χ2v) is 6.49. The fourth-order valence-electron chi connectivity index (χ4n) is 2.82. The second kappa shape index (κ2) is 8.96. The molecule has 0 fully saturated rings. The summed E-state index contributed by atoms with van der Waals surface area (Å²) in [4.78, 5) is 28.4. The third-order valence-electron chi connectivity index (χ3n) is 4.30. The van der Waals surface area contributed by atoms with Gasteiger partial charge < -0.3 is 21.2 Å². The summed E-state index contributed by atoms with van der Waals surface area (Å²) < 4.78 is 5.37. The Balaban J connectivity index is 1.64. The van der Waals surface area contributed by atoms with Gasteiger partial charge in [-0.3, -0.25) is 9.59 Å². The summed E-state index contributed by atoms with van der Waals surface area (Å²) in [7, 11) is 0. The van der Waals surface area contributed by atoms with E-state index in [1.165, 1.54) is 6.26 Å². The Morgan fingerprint density at radius 2 is 1.54 bits per heavy atom. The first kappa shape index (κ1) is 19.3. The number of hydrogen-bond acceptors (Lipinski definition) is 5. The molecule has 2 unspecified atom stereocenters. The van der Waals surface area contributed by atoms with Crippen LogP contribution in [0.2, 0.25) is 0 Å². The van der Waals surface area contributed by atoms with Gasteiger partial charge in [0.25, 0.3) is 5.91 Å². The van der Waals surface area contributed by atoms with Crippen molar-refractivity contribution < 1.29 is 14.0 Å². The SMILES string of the molecule is NC(=O)C(Cc1ccccc1)NC(=O)c1coc(C(N)Cc2ccccc2)n1. The Morgan fingerprint density at radius 3 is 2.11 bits per heavy atom. The van der Waals surface area contributed by atoms with E-state index in [1.54, 1.807) is 0 Å². The molecule has 1 aromatic heterocycles. The van der Waals surface area contributed by atoms with Crippen LogP contribution >= 0.6 is 0 Å². The molecule has 0 aliphatic heterocycles. The van der Waals surface area contributed by atoms with Crippen LogP contribution in [0.15, 0.2) is 71.3 Å². The number of carbonyl (C=O) groups excluding carboxylic acids is 2. The molecule has 0 radical (unpaired) electrons. The number of rotatable bonds is 8. The minimum absolute atomic E-state index is 0.0535. The zero-order valence-electron chi connectivity index (χ0n) is 15.2. The number of hydrogen-bond donors (Lipinski definition) is 3. The maximum atomic E-state index is 12.5. The highest BCUT2D eigenvalue weighted by Gasteiger charge is 2.23. The molecule has 2 amide bonds. The maximum Gasteiger partial charge on any atom is 0.273 e. The number of primary amides is 1. The van der Waals surface area contributed by atoms with Crippen LogP contribution in [0, 0.1) is 0 Å². The van der Waals surface area contributed by atoms with Crippen molar-refractivity contribution in [3.8, 4) is 0 Å². The van der Waals surface area contributed by atoms with Gasteiger partial charge in [0.2, 0.25) is 11.8 Å². The van der Waals surface area contributed by atoms with E-state index >= 15 is 0 Å².